The van der Waals surface area contributed by atoms with Gasteiger partial charge in [-0.05, 0) is 77.9 Å². The maximum Gasteiger partial charge on any atom is 0.336 e. The van der Waals surface area contributed by atoms with Crippen LogP contribution in [0.4, 0.5) is 5.69 Å². The van der Waals surface area contributed by atoms with Crippen molar-refractivity contribution >= 4 is 41.5 Å². The zero-order chi connectivity index (χ0) is 20.6. The monoisotopic (exact) mass is 405 g/mol. The Morgan fingerprint density at radius 1 is 0.862 bits per heavy atom. The fraction of sp³-hybridized carbons (Fsp3) is 0. The molecule has 0 fully saturated rings. The summed E-state index contributed by atoms with van der Waals surface area (Å²) in [6, 6.07) is 20.2. The van der Waals surface area contributed by atoms with Gasteiger partial charge >= 0.3 is 11.9 Å². The van der Waals surface area contributed by atoms with Gasteiger partial charge in [0, 0.05) is 17.3 Å². The third-order valence-electron chi connectivity index (χ3n) is 3.86. The molecule has 0 radical (unpaired) electrons. The van der Waals surface area contributed by atoms with Crippen LogP contribution in [0.3, 0.4) is 0 Å². The number of carbonyl (C=O) groups is 2. The Bertz CT molecular complexity index is 1050. The van der Waals surface area contributed by atoms with Crippen LogP contribution in [0.2, 0.25) is 5.02 Å². The largest absolute Gasteiger partial charge is 0.478 e. The molecular formula is C23H16ClNO4. The molecule has 0 aromatic heterocycles. The van der Waals surface area contributed by atoms with Gasteiger partial charge in [0.1, 0.15) is 5.75 Å². The molecule has 0 atom stereocenters. The Morgan fingerprint density at radius 3 is 2.10 bits per heavy atom. The Morgan fingerprint density at radius 2 is 1.48 bits per heavy atom. The SMILES string of the molecule is O=C(/C=C/c1ccc(Cl)cc1)Oc1ccc(C=Nc2ccc(C(=O)O)cc2)cc1. The zero-order valence-electron chi connectivity index (χ0n) is 15.2. The number of carbonyl (C=O) groups excluding carboxylic acids is 1. The van der Waals surface area contributed by atoms with Crippen LogP contribution in [0.1, 0.15) is 21.5 Å². The van der Waals surface area contributed by atoms with Crippen molar-refractivity contribution in [1.29, 1.82) is 0 Å². The van der Waals surface area contributed by atoms with Crippen molar-refractivity contribution in [2.24, 2.45) is 4.99 Å². The van der Waals surface area contributed by atoms with Crippen LogP contribution in [-0.2, 0) is 4.79 Å². The molecule has 0 amide bonds. The number of hydrogen-bond donors (Lipinski definition) is 1. The number of carboxylic acids is 1. The summed E-state index contributed by atoms with van der Waals surface area (Å²) in [7, 11) is 0. The van der Waals surface area contributed by atoms with E-state index in [9.17, 15) is 9.59 Å². The highest BCUT2D eigenvalue weighted by Gasteiger charge is 2.02. The minimum atomic E-state index is -0.978. The van der Waals surface area contributed by atoms with Gasteiger partial charge in [0.05, 0.1) is 11.3 Å². The Hall–Kier alpha value is -3.70. The lowest BCUT2D eigenvalue weighted by Crippen LogP contribution is -2.03. The summed E-state index contributed by atoms with van der Waals surface area (Å²) < 4.78 is 5.26. The molecular weight excluding hydrogens is 390 g/mol. The Kier molecular flexibility index (Phi) is 6.55. The first-order chi connectivity index (χ1) is 14.0. The van der Waals surface area contributed by atoms with E-state index in [1.165, 1.54) is 18.2 Å². The molecule has 0 saturated carbocycles. The topological polar surface area (TPSA) is 76.0 Å². The fourth-order valence-electron chi connectivity index (χ4n) is 2.35. The molecule has 0 heterocycles. The number of halogens is 1. The van der Waals surface area contributed by atoms with E-state index in [0.29, 0.717) is 16.5 Å². The summed E-state index contributed by atoms with van der Waals surface area (Å²) in [4.78, 5) is 27.1. The van der Waals surface area contributed by atoms with Crippen LogP contribution in [0.25, 0.3) is 6.08 Å². The second kappa shape index (κ2) is 9.48. The van der Waals surface area contributed by atoms with Crippen molar-refractivity contribution in [3.05, 3.63) is 101 Å². The number of hydrogen-bond acceptors (Lipinski definition) is 4. The van der Waals surface area contributed by atoms with E-state index < -0.39 is 11.9 Å². The minimum Gasteiger partial charge on any atom is -0.478 e. The van der Waals surface area contributed by atoms with E-state index in [1.807, 2.05) is 0 Å². The number of aliphatic imine (C=N–C) groups is 1. The maximum absolute atomic E-state index is 11.9. The quantitative estimate of drug-likeness (QED) is 0.257. The van der Waals surface area contributed by atoms with Gasteiger partial charge in [-0.25, -0.2) is 9.59 Å². The molecule has 0 saturated heterocycles. The molecule has 144 valence electrons. The first-order valence-electron chi connectivity index (χ1n) is 8.62. The van der Waals surface area contributed by atoms with Crippen LogP contribution in [0.5, 0.6) is 5.75 Å². The number of nitrogens with zero attached hydrogens (tertiary/aromatic N) is 1. The van der Waals surface area contributed by atoms with Crippen LogP contribution in [-0.4, -0.2) is 23.3 Å². The van der Waals surface area contributed by atoms with E-state index in [0.717, 1.165) is 11.1 Å². The molecule has 3 aromatic carbocycles. The molecule has 1 N–H and O–H groups in total. The summed E-state index contributed by atoms with van der Waals surface area (Å²) in [5, 5.41) is 9.52. The average molecular weight is 406 g/mol. The van der Waals surface area contributed by atoms with Crippen molar-refractivity contribution in [3.63, 3.8) is 0 Å². The number of ether oxygens (including phenoxy) is 1. The highest BCUT2D eigenvalue weighted by atomic mass is 35.5. The highest BCUT2D eigenvalue weighted by Crippen LogP contribution is 2.16. The minimum absolute atomic E-state index is 0.209. The van der Waals surface area contributed by atoms with E-state index >= 15 is 0 Å². The first-order valence-corrected chi connectivity index (χ1v) is 9.00. The van der Waals surface area contributed by atoms with Gasteiger partial charge in [-0.2, -0.15) is 0 Å². The lowest BCUT2D eigenvalue weighted by atomic mass is 10.2. The standard InChI is InChI=1S/C23H16ClNO4/c24-19-8-1-16(2-9-19)5-14-22(26)29-21-12-3-17(4-13-21)15-25-20-10-6-18(7-11-20)23(27)28/h1-15H,(H,27,28)/b14-5+,25-15?. The molecule has 0 spiro atoms. The van der Waals surface area contributed by atoms with Crippen molar-refractivity contribution in [1.82, 2.24) is 0 Å². The summed E-state index contributed by atoms with van der Waals surface area (Å²) >= 11 is 5.82. The predicted octanol–water partition coefficient (Wildman–Crippen LogP) is 5.41. The van der Waals surface area contributed by atoms with Gasteiger partial charge in [0.15, 0.2) is 0 Å². The molecule has 0 aliphatic rings. The Labute approximate surface area is 172 Å². The molecule has 6 heteroatoms. The van der Waals surface area contributed by atoms with E-state index in [4.69, 9.17) is 21.4 Å². The normalized spacial score (nSPS) is 11.1. The van der Waals surface area contributed by atoms with Crippen molar-refractivity contribution in [2.75, 3.05) is 0 Å². The average Bonchev–Trinajstić information content (AvgIpc) is 2.73. The second-order valence-electron chi connectivity index (χ2n) is 5.99. The van der Waals surface area contributed by atoms with Crippen LogP contribution < -0.4 is 4.74 Å². The van der Waals surface area contributed by atoms with E-state index in [-0.39, 0.29) is 5.56 Å². The van der Waals surface area contributed by atoms with Crippen molar-refractivity contribution < 1.29 is 19.4 Å². The second-order valence-corrected chi connectivity index (χ2v) is 6.42. The molecule has 0 aliphatic heterocycles. The van der Waals surface area contributed by atoms with Crippen molar-refractivity contribution in [2.45, 2.75) is 0 Å². The number of carboxylic acid groups (broad SMARTS) is 1. The summed E-state index contributed by atoms with van der Waals surface area (Å²) in [6.45, 7) is 0. The van der Waals surface area contributed by atoms with Crippen LogP contribution >= 0.6 is 11.6 Å². The van der Waals surface area contributed by atoms with E-state index in [2.05, 4.69) is 4.99 Å². The molecule has 0 aliphatic carbocycles. The van der Waals surface area contributed by atoms with Gasteiger partial charge in [0.25, 0.3) is 0 Å². The highest BCUT2D eigenvalue weighted by molar-refractivity contribution is 6.30. The maximum atomic E-state index is 11.9. The molecule has 5 nitrogen and oxygen atoms in total. The molecule has 0 bridgehead atoms. The van der Waals surface area contributed by atoms with Gasteiger partial charge in [-0.15, -0.1) is 0 Å². The third-order valence-corrected chi connectivity index (χ3v) is 4.11. The predicted molar refractivity (Wildman–Crippen MR) is 113 cm³/mol. The molecule has 3 aromatic rings. The molecule has 0 unspecified atom stereocenters. The van der Waals surface area contributed by atoms with Crippen molar-refractivity contribution in [3.8, 4) is 5.75 Å². The van der Waals surface area contributed by atoms with Gasteiger partial charge < -0.3 is 9.84 Å². The number of rotatable bonds is 6. The number of aromatic carboxylic acids is 1. The van der Waals surface area contributed by atoms with Crippen LogP contribution in [0.15, 0.2) is 83.9 Å². The lowest BCUT2D eigenvalue weighted by molar-refractivity contribution is -0.128. The Balaban J connectivity index is 1.57. The lowest BCUT2D eigenvalue weighted by Gasteiger charge is -2.02. The van der Waals surface area contributed by atoms with Gasteiger partial charge in [0.2, 0.25) is 0 Å². The summed E-state index contributed by atoms with van der Waals surface area (Å²) in [5.74, 6) is -1.05. The summed E-state index contributed by atoms with van der Waals surface area (Å²) in [6.07, 6.45) is 4.64. The van der Waals surface area contributed by atoms with Crippen LogP contribution in [0, 0.1) is 0 Å². The first kappa shape index (κ1) is 20.0. The number of esters is 1. The van der Waals surface area contributed by atoms with E-state index in [1.54, 1.807) is 73.0 Å². The van der Waals surface area contributed by atoms with Gasteiger partial charge in [-0.1, -0.05) is 23.7 Å². The fourth-order valence-corrected chi connectivity index (χ4v) is 2.48. The summed E-state index contributed by atoms with van der Waals surface area (Å²) in [5.41, 5.74) is 2.50. The number of benzene rings is 3. The van der Waals surface area contributed by atoms with Gasteiger partial charge in [-0.3, -0.25) is 4.99 Å². The molecule has 29 heavy (non-hydrogen) atoms. The third kappa shape index (κ3) is 6.16. The molecule has 3 rings (SSSR count). The smallest absolute Gasteiger partial charge is 0.336 e. The zero-order valence-corrected chi connectivity index (χ0v) is 15.9.